The van der Waals surface area contributed by atoms with Crippen LogP contribution in [0.15, 0.2) is 33.9 Å². The number of anilines is 1. The zero-order valence-corrected chi connectivity index (χ0v) is 15.5. The quantitative estimate of drug-likeness (QED) is 0.713. The van der Waals surface area contributed by atoms with Gasteiger partial charge in [0.05, 0.1) is 6.54 Å². The van der Waals surface area contributed by atoms with Crippen molar-refractivity contribution in [1.82, 2.24) is 18.7 Å². The number of hydrogen-bond acceptors (Lipinski definition) is 5. The topological polar surface area (TPSA) is 94.1 Å². The molecule has 3 aromatic rings. The van der Waals surface area contributed by atoms with E-state index in [0.29, 0.717) is 36.2 Å². The van der Waals surface area contributed by atoms with E-state index in [9.17, 15) is 14.7 Å². The summed E-state index contributed by atoms with van der Waals surface area (Å²) in [5.74, 6) is 0.793. The standard InChI is InChI=1S/C19H23N5O3/c1-3-23-17(26)15-16(22(2)19(23)27)21-18(20-13-5-4-6-13)24(15)11-12-7-9-14(25)10-8-12/h7-10,13,25H,3-6,11H2,1-2H3,(H,20,21). The Labute approximate surface area is 155 Å². The first-order valence-electron chi connectivity index (χ1n) is 9.24. The van der Waals surface area contributed by atoms with Crippen LogP contribution in [0.1, 0.15) is 31.7 Å². The molecule has 1 saturated carbocycles. The van der Waals surface area contributed by atoms with Crippen molar-refractivity contribution in [3.8, 4) is 5.75 Å². The third-order valence-corrected chi connectivity index (χ3v) is 5.26. The Kier molecular flexibility index (Phi) is 4.25. The van der Waals surface area contributed by atoms with Crippen LogP contribution in [0.25, 0.3) is 11.2 Å². The molecular weight excluding hydrogens is 346 g/mol. The fraction of sp³-hybridized carbons (Fsp3) is 0.421. The molecule has 1 fully saturated rings. The molecule has 0 radical (unpaired) electrons. The molecule has 1 aliphatic rings. The van der Waals surface area contributed by atoms with Crippen molar-refractivity contribution in [1.29, 1.82) is 0 Å². The van der Waals surface area contributed by atoms with E-state index in [1.54, 1.807) is 26.1 Å². The second-order valence-corrected chi connectivity index (χ2v) is 7.02. The number of benzene rings is 1. The Hall–Kier alpha value is -3.03. The van der Waals surface area contributed by atoms with Gasteiger partial charge in [0.25, 0.3) is 5.56 Å². The normalized spacial score (nSPS) is 14.4. The van der Waals surface area contributed by atoms with E-state index in [0.717, 1.165) is 18.4 Å². The minimum absolute atomic E-state index is 0.192. The lowest BCUT2D eigenvalue weighted by molar-refractivity contribution is 0.441. The zero-order valence-electron chi connectivity index (χ0n) is 15.5. The molecular formula is C19H23N5O3. The van der Waals surface area contributed by atoms with Gasteiger partial charge in [-0.25, -0.2) is 4.79 Å². The number of aromatic hydroxyl groups is 1. The Morgan fingerprint density at radius 3 is 2.48 bits per heavy atom. The van der Waals surface area contributed by atoms with Crippen LogP contribution in [-0.2, 0) is 20.1 Å². The molecule has 0 aliphatic heterocycles. The zero-order chi connectivity index (χ0) is 19.1. The predicted molar refractivity (Wildman–Crippen MR) is 103 cm³/mol. The highest BCUT2D eigenvalue weighted by atomic mass is 16.3. The average molecular weight is 369 g/mol. The highest BCUT2D eigenvalue weighted by molar-refractivity contribution is 5.74. The first-order chi connectivity index (χ1) is 13.0. The van der Waals surface area contributed by atoms with E-state index < -0.39 is 0 Å². The summed E-state index contributed by atoms with van der Waals surface area (Å²) in [6, 6.07) is 7.20. The largest absolute Gasteiger partial charge is 0.508 e. The molecule has 0 unspecified atom stereocenters. The van der Waals surface area contributed by atoms with Gasteiger partial charge in [0, 0.05) is 19.6 Å². The number of nitrogens with zero attached hydrogens (tertiary/aromatic N) is 4. The number of aryl methyl sites for hydroxylation is 1. The van der Waals surface area contributed by atoms with Crippen LogP contribution in [-0.4, -0.2) is 29.8 Å². The van der Waals surface area contributed by atoms with Gasteiger partial charge in [0.2, 0.25) is 5.95 Å². The van der Waals surface area contributed by atoms with Gasteiger partial charge >= 0.3 is 5.69 Å². The second-order valence-electron chi connectivity index (χ2n) is 7.02. The summed E-state index contributed by atoms with van der Waals surface area (Å²) in [7, 11) is 1.64. The third-order valence-electron chi connectivity index (χ3n) is 5.26. The molecule has 4 rings (SSSR count). The summed E-state index contributed by atoms with van der Waals surface area (Å²) in [5.41, 5.74) is 1.03. The van der Waals surface area contributed by atoms with Gasteiger partial charge in [-0.1, -0.05) is 12.1 Å². The van der Waals surface area contributed by atoms with Crippen LogP contribution in [0.3, 0.4) is 0 Å². The molecule has 1 aliphatic carbocycles. The molecule has 0 bridgehead atoms. The molecule has 0 amide bonds. The summed E-state index contributed by atoms with van der Waals surface area (Å²) in [4.78, 5) is 30.1. The fourth-order valence-electron chi connectivity index (χ4n) is 3.43. The van der Waals surface area contributed by atoms with Crippen LogP contribution in [0.2, 0.25) is 0 Å². The number of aromatic nitrogens is 4. The lowest BCUT2D eigenvalue weighted by Crippen LogP contribution is -2.39. The summed E-state index contributed by atoms with van der Waals surface area (Å²) < 4.78 is 4.50. The predicted octanol–water partition coefficient (Wildman–Crippen LogP) is 1.63. The molecule has 2 heterocycles. The van der Waals surface area contributed by atoms with Crippen molar-refractivity contribution in [3.63, 3.8) is 0 Å². The molecule has 8 nitrogen and oxygen atoms in total. The van der Waals surface area contributed by atoms with Crippen molar-refractivity contribution in [3.05, 3.63) is 50.7 Å². The van der Waals surface area contributed by atoms with E-state index in [4.69, 9.17) is 0 Å². The maximum atomic E-state index is 13.0. The number of nitrogens with one attached hydrogen (secondary N) is 1. The first-order valence-corrected chi connectivity index (χ1v) is 9.24. The molecule has 8 heteroatoms. The molecule has 2 aromatic heterocycles. The van der Waals surface area contributed by atoms with Gasteiger partial charge in [0.15, 0.2) is 11.2 Å². The van der Waals surface area contributed by atoms with Crippen LogP contribution in [0, 0.1) is 0 Å². The van der Waals surface area contributed by atoms with Crippen molar-refractivity contribution < 1.29 is 5.11 Å². The number of imidazole rings is 1. The van der Waals surface area contributed by atoms with Crippen molar-refractivity contribution in [2.75, 3.05) is 5.32 Å². The van der Waals surface area contributed by atoms with Gasteiger partial charge in [-0.05, 0) is 43.9 Å². The Bertz CT molecular complexity index is 1100. The Morgan fingerprint density at radius 2 is 1.89 bits per heavy atom. The number of phenolic OH excluding ortho intramolecular Hbond substituents is 1. The summed E-state index contributed by atoms with van der Waals surface area (Å²) >= 11 is 0. The van der Waals surface area contributed by atoms with Crippen molar-refractivity contribution in [2.45, 2.75) is 45.3 Å². The molecule has 142 valence electrons. The maximum absolute atomic E-state index is 13.0. The number of fused-ring (bicyclic) bond motifs is 1. The highest BCUT2D eigenvalue weighted by Gasteiger charge is 2.24. The van der Waals surface area contributed by atoms with Crippen LogP contribution in [0.4, 0.5) is 5.95 Å². The first kappa shape index (κ1) is 17.4. The van der Waals surface area contributed by atoms with E-state index in [1.807, 2.05) is 16.7 Å². The molecule has 0 atom stereocenters. The third kappa shape index (κ3) is 2.90. The van der Waals surface area contributed by atoms with Gasteiger partial charge < -0.3 is 10.4 Å². The van der Waals surface area contributed by atoms with E-state index in [2.05, 4.69) is 10.3 Å². The summed E-state index contributed by atoms with van der Waals surface area (Å²) in [6.07, 6.45) is 3.32. The van der Waals surface area contributed by atoms with Gasteiger partial charge in [-0.3, -0.25) is 18.5 Å². The molecule has 0 spiro atoms. The Morgan fingerprint density at radius 1 is 1.19 bits per heavy atom. The smallest absolute Gasteiger partial charge is 0.332 e. The van der Waals surface area contributed by atoms with E-state index >= 15 is 0 Å². The van der Waals surface area contributed by atoms with Gasteiger partial charge in [-0.15, -0.1) is 0 Å². The average Bonchev–Trinajstić information content (AvgIpc) is 2.97. The maximum Gasteiger partial charge on any atom is 0.332 e. The molecule has 0 saturated heterocycles. The molecule has 1 aromatic carbocycles. The van der Waals surface area contributed by atoms with Gasteiger partial charge in [-0.2, -0.15) is 4.98 Å². The van der Waals surface area contributed by atoms with Gasteiger partial charge in [0.1, 0.15) is 5.75 Å². The SMILES string of the molecule is CCn1c(=O)c2c(nc(NC3CCC3)n2Cc2ccc(O)cc2)n(C)c1=O. The summed E-state index contributed by atoms with van der Waals surface area (Å²) in [5, 5.41) is 12.9. The number of hydrogen-bond donors (Lipinski definition) is 2. The lowest BCUT2D eigenvalue weighted by atomic mass is 9.93. The van der Waals surface area contributed by atoms with Crippen molar-refractivity contribution in [2.24, 2.45) is 7.05 Å². The number of phenols is 1. The molecule has 27 heavy (non-hydrogen) atoms. The van der Waals surface area contributed by atoms with E-state index in [1.165, 1.54) is 15.6 Å². The van der Waals surface area contributed by atoms with Crippen molar-refractivity contribution >= 4 is 17.1 Å². The van der Waals surface area contributed by atoms with E-state index in [-0.39, 0.29) is 17.0 Å². The minimum atomic E-state index is -0.362. The monoisotopic (exact) mass is 369 g/mol. The van der Waals surface area contributed by atoms with Crippen LogP contribution >= 0.6 is 0 Å². The highest BCUT2D eigenvalue weighted by Crippen LogP contribution is 2.25. The van der Waals surface area contributed by atoms with Crippen LogP contribution in [0.5, 0.6) is 5.75 Å². The Balaban J connectivity index is 1.92. The second kappa shape index (κ2) is 6.61. The summed E-state index contributed by atoms with van der Waals surface area (Å²) in [6.45, 7) is 2.50. The van der Waals surface area contributed by atoms with Crippen LogP contribution < -0.4 is 16.6 Å². The lowest BCUT2D eigenvalue weighted by Gasteiger charge is -2.27. The molecule has 2 N–H and O–H groups in total. The minimum Gasteiger partial charge on any atom is -0.508 e. The fourth-order valence-corrected chi connectivity index (χ4v) is 3.43. The number of rotatable bonds is 5.